The Kier molecular flexibility index (Phi) is 3.59. The van der Waals surface area contributed by atoms with Crippen LogP contribution >= 0.6 is 11.6 Å². The summed E-state index contributed by atoms with van der Waals surface area (Å²) in [6.45, 7) is 0.821. The molecule has 0 spiro atoms. The van der Waals surface area contributed by atoms with Crippen LogP contribution in [-0.2, 0) is 13.6 Å². The maximum atomic E-state index is 6.29. The summed E-state index contributed by atoms with van der Waals surface area (Å²) in [4.78, 5) is 2.08. The summed E-state index contributed by atoms with van der Waals surface area (Å²) < 4.78 is 1.65. The SMILES string of the molecule is CN(C)Cc1ccc(-c2cnn(C)c2N)cc1Cl. The fraction of sp³-hybridized carbons (Fsp3) is 0.308. The van der Waals surface area contributed by atoms with Gasteiger partial charge in [0.05, 0.1) is 6.20 Å². The monoisotopic (exact) mass is 264 g/mol. The molecule has 2 N–H and O–H groups in total. The van der Waals surface area contributed by atoms with Crippen molar-refractivity contribution in [1.82, 2.24) is 14.7 Å². The first kappa shape index (κ1) is 12.9. The highest BCUT2D eigenvalue weighted by Crippen LogP contribution is 2.29. The van der Waals surface area contributed by atoms with Crippen molar-refractivity contribution in [2.24, 2.45) is 7.05 Å². The van der Waals surface area contributed by atoms with Crippen LogP contribution < -0.4 is 5.73 Å². The van der Waals surface area contributed by atoms with E-state index in [1.165, 1.54) is 0 Å². The van der Waals surface area contributed by atoms with Crippen LogP contribution in [0.3, 0.4) is 0 Å². The molecule has 0 unspecified atom stereocenters. The molecule has 0 bridgehead atoms. The average Bonchev–Trinajstić information content (AvgIpc) is 2.62. The summed E-state index contributed by atoms with van der Waals surface area (Å²) in [6.07, 6.45) is 1.76. The standard InChI is InChI=1S/C13H17ClN4/c1-17(2)8-10-5-4-9(6-12(10)14)11-7-16-18(3)13(11)15/h4-7H,8,15H2,1-3H3. The first-order valence-electron chi connectivity index (χ1n) is 5.70. The molecule has 0 aliphatic carbocycles. The minimum Gasteiger partial charge on any atom is -0.383 e. The van der Waals surface area contributed by atoms with Gasteiger partial charge in [0.1, 0.15) is 5.82 Å². The maximum absolute atomic E-state index is 6.29. The smallest absolute Gasteiger partial charge is 0.129 e. The molecule has 2 aromatic rings. The Morgan fingerprint density at radius 3 is 2.61 bits per heavy atom. The highest BCUT2D eigenvalue weighted by Gasteiger charge is 2.09. The van der Waals surface area contributed by atoms with Crippen LogP contribution in [0.4, 0.5) is 5.82 Å². The van der Waals surface area contributed by atoms with E-state index in [2.05, 4.69) is 10.00 Å². The summed E-state index contributed by atoms with van der Waals surface area (Å²) in [5, 5.41) is 4.89. The van der Waals surface area contributed by atoms with Gasteiger partial charge in [-0.1, -0.05) is 23.7 Å². The first-order valence-corrected chi connectivity index (χ1v) is 6.08. The predicted molar refractivity (Wildman–Crippen MR) is 75.5 cm³/mol. The van der Waals surface area contributed by atoms with Crippen LogP contribution in [0.25, 0.3) is 11.1 Å². The number of benzene rings is 1. The number of aryl methyl sites for hydroxylation is 1. The van der Waals surface area contributed by atoms with Crippen LogP contribution in [-0.4, -0.2) is 28.8 Å². The van der Waals surface area contributed by atoms with Crippen LogP contribution in [0.1, 0.15) is 5.56 Å². The normalized spacial score (nSPS) is 11.2. The predicted octanol–water partition coefficient (Wildman–Crippen LogP) is 2.38. The molecule has 0 radical (unpaired) electrons. The Hall–Kier alpha value is -1.52. The molecule has 1 heterocycles. The van der Waals surface area contributed by atoms with Gasteiger partial charge in [0.25, 0.3) is 0 Å². The van der Waals surface area contributed by atoms with Crippen molar-refractivity contribution in [1.29, 1.82) is 0 Å². The van der Waals surface area contributed by atoms with Crippen LogP contribution in [0.2, 0.25) is 5.02 Å². The van der Waals surface area contributed by atoms with E-state index >= 15 is 0 Å². The molecule has 0 atom stereocenters. The van der Waals surface area contributed by atoms with Gasteiger partial charge in [0.2, 0.25) is 0 Å². The Labute approximate surface area is 112 Å². The second-order valence-corrected chi connectivity index (χ2v) is 5.02. The molecule has 0 aliphatic heterocycles. The lowest BCUT2D eigenvalue weighted by Gasteiger charge is -2.12. The molecule has 96 valence electrons. The number of nitrogens with two attached hydrogens (primary N) is 1. The van der Waals surface area contributed by atoms with Gasteiger partial charge in [0, 0.05) is 24.2 Å². The van der Waals surface area contributed by atoms with E-state index in [9.17, 15) is 0 Å². The summed E-state index contributed by atoms with van der Waals surface area (Å²) >= 11 is 6.29. The van der Waals surface area contributed by atoms with E-state index in [-0.39, 0.29) is 0 Å². The summed E-state index contributed by atoms with van der Waals surface area (Å²) in [6, 6.07) is 6.00. The number of anilines is 1. The summed E-state index contributed by atoms with van der Waals surface area (Å²) in [5.74, 6) is 0.645. The highest BCUT2D eigenvalue weighted by atomic mass is 35.5. The zero-order valence-electron chi connectivity index (χ0n) is 10.8. The minimum absolute atomic E-state index is 0.645. The highest BCUT2D eigenvalue weighted by molar-refractivity contribution is 6.31. The molecule has 0 amide bonds. The Balaban J connectivity index is 2.37. The number of hydrogen-bond acceptors (Lipinski definition) is 3. The van der Waals surface area contributed by atoms with E-state index < -0.39 is 0 Å². The number of nitrogens with zero attached hydrogens (tertiary/aromatic N) is 3. The Morgan fingerprint density at radius 1 is 1.39 bits per heavy atom. The lowest BCUT2D eigenvalue weighted by atomic mass is 10.1. The van der Waals surface area contributed by atoms with Crippen LogP contribution in [0.5, 0.6) is 0 Å². The average molecular weight is 265 g/mol. The van der Waals surface area contributed by atoms with E-state index in [0.29, 0.717) is 5.82 Å². The minimum atomic E-state index is 0.645. The molecule has 1 aromatic carbocycles. The van der Waals surface area contributed by atoms with Crippen molar-refractivity contribution in [3.63, 3.8) is 0 Å². The van der Waals surface area contributed by atoms with Crippen LogP contribution in [0, 0.1) is 0 Å². The number of rotatable bonds is 3. The zero-order chi connectivity index (χ0) is 13.3. The van der Waals surface area contributed by atoms with Gasteiger partial charge < -0.3 is 10.6 Å². The number of hydrogen-bond donors (Lipinski definition) is 1. The van der Waals surface area contributed by atoms with Crippen molar-refractivity contribution < 1.29 is 0 Å². The van der Waals surface area contributed by atoms with Gasteiger partial charge in [-0.05, 0) is 31.3 Å². The zero-order valence-corrected chi connectivity index (χ0v) is 11.6. The summed E-state index contributed by atoms with van der Waals surface area (Å²) in [7, 11) is 5.85. The quantitative estimate of drug-likeness (QED) is 0.926. The van der Waals surface area contributed by atoms with E-state index in [4.69, 9.17) is 17.3 Å². The molecule has 4 nitrogen and oxygen atoms in total. The third kappa shape index (κ3) is 2.49. The van der Waals surface area contributed by atoms with Crippen molar-refractivity contribution >= 4 is 17.4 Å². The third-order valence-corrected chi connectivity index (χ3v) is 3.19. The Bertz CT molecular complexity index is 560. The van der Waals surface area contributed by atoms with Crippen molar-refractivity contribution in [3.8, 4) is 11.1 Å². The molecule has 0 saturated heterocycles. The first-order chi connectivity index (χ1) is 8.49. The van der Waals surface area contributed by atoms with Gasteiger partial charge in [0.15, 0.2) is 0 Å². The molecule has 18 heavy (non-hydrogen) atoms. The molecule has 2 rings (SSSR count). The topological polar surface area (TPSA) is 47.1 Å². The van der Waals surface area contributed by atoms with Gasteiger partial charge in [-0.25, -0.2) is 0 Å². The van der Waals surface area contributed by atoms with Crippen molar-refractivity contribution in [2.75, 3.05) is 19.8 Å². The third-order valence-electron chi connectivity index (χ3n) is 2.84. The fourth-order valence-electron chi connectivity index (χ4n) is 1.85. The van der Waals surface area contributed by atoms with Gasteiger partial charge in [-0.2, -0.15) is 5.10 Å². The van der Waals surface area contributed by atoms with Gasteiger partial charge >= 0.3 is 0 Å². The van der Waals surface area contributed by atoms with Crippen molar-refractivity contribution in [3.05, 3.63) is 35.0 Å². The maximum Gasteiger partial charge on any atom is 0.129 e. The lowest BCUT2D eigenvalue weighted by Crippen LogP contribution is -2.10. The van der Waals surface area contributed by atoms with E-state index in [1.807, 2.05) is 39.3 Å². The largest absolute Gasteiger partial charge is 0.383 e. The molecular weight excluding hydrogens is 248 g/mol. The molecular formula is C13H17ClN4. The molecule has 0 aliphatic rings. The van der Waals surface area contributed by atoms with E-state index in [0.717, 1.165) is 28.3 Å². The summed E-state index contributed by atoms with van der Waals surface area (Å²) in [5.41, 5.74) is 8.96. The number of aromatic nitrogens is 2. The molecule has 1 aromatic heterocycles. The second-order valence-electron chi connectivity index (χ2n) is 4.61. The van der Waals surface area contributed by atoms with Gasteiger partial charge in [-0.15, -0.1) is 0 Å². The fourth-order valence-corrected chi connectivity index (χ4v) is 2.09. The number of halogens is 1. The number of nitrogen functional groups attached to an aromatic ring is 1. The molecule has 5 heteroatoms. The van der Waals surface area contributed by atoms with Crippen LogP contribution in [0.15, 0.2) is 24.4 Å². The molecule has 0 saturated carbocycles. The Morgan fingerprint density at radius 2 is 2.11 bits per heavy atom. The van der Waals surface area contributed by atoms with E-state index in [1.54, 1.807) is 10.9 Å². The van der Waals surface area contributed by atoms with Crippen molar-refractivity contribution in [2.45, 2.75) is 6.54 Å². The molecule has 0 fully saturated rings. The van der Waals surface area contributed by atoms with Gasteiger partial charge in [-0.3, -0.25) is 4.68 Å². The lowest BCUT2D eigenvalue weighted by molar-refractivity contribution is 0.402. The second kappa shape index (κ2) is 5.00.